The van der Waals surface area contributed by atoms with Gasteiger partial charge in [0.15, 0.2) is 0 Å². The minimum atomic E-state index is -0.0487. The maximum absolute atomic E-state index is 12.3. The Morgan fingerprint density at radius 3 is 2.48 bits per heavy atom. The molecule has 6 rings (SSSR count). The number of fused-ring (bicyclic) bond motifs is 1. The van der Waals surface area contributed by atoms with Crippen LogP contribution in [0, 0.1) is 11.3 Å². The lowest BCUT2D eigenvalue weighted by molar-refractivity contribution is 0.211. The number of likely N-dealkylation sites (tertiary alicyclic amines) is 1. The van der Waals surface area contributed by atoms with Crippen molar-refractivity contribution < 1.29 is 0 Å². The number of aromatic nitrogens is 4. The van der Waals surface area contributed by atoms with E-state index < -0.39 is 0 Å². The van der Waals surface area contributed by atoms with Crippen LogP contribution in [0.3, 0.4) is 0 Å². The number of hydrogen-bond acceptors (Lipinski definition) is 7. The zero-order valence-corrected chi connectivity index (χ0v) is 22.3. The highest BCUT2D eigenvalue weighted by molar-refractivity contribution is 5.90. The molecule has 1 aliphatic heterocycles. The molecule has 5 aromatic rings. The zero-order valence-electron chi connectivity index (χ0n) is 22.3. The number of pyridine rings is 2. The summed E-state index contributed by atoms with van der Waals surface area (Å²) in [5.74, 6) is 0.895. The summed E-state index contributed by atoms with van der Waals surface area (Å²) in [6.07, 6.45) is 3.63. The highest BCUT2D eigenvalue weighted by Crippen LogP contribution is 2.33. The highest BCUT2D eigenvalue weighted by atomic mass is 16.1. The van der Waals surface area contributed by atoms with Gasteiger partial charge in [0, 0.05) is 56.1 Å². The number of aryl methyl sites for hydroxylation is 1. The van der Waals surface area contributed by atoms with E-state index in [0.29, 0.717) is 11.9 Å². The van der Waals surface area contributed by atoms with Crippen molar-refractivity contribution in [3.05, 3.63) is 107 Å². The predicted molar refractivity (Wildman–Crippen MR) is 157 cm³/mol. The summed E-state index contributed by atoms with van der Waals surface area (Å²) in [6, 6.07) is 28.4. The Morgan fingerprint density at radius 2 is 1.73 bits per heavy atom. The van der Waals surface area contributed by atoms with Crippen LogP contribution in [-0.4, -0.2) is 43.6 Å². The molecule has 0 atom stereocenters. The second-order valence-electron chi connectivity index (χ2n) is 10.2. The van der Waals surface area contributed by atoms with Gasteiger partial charge in [-0.2, -0.15) is 5.26 Å². The average Bonchev–Trinajstić information content (AvgIpc) is 3.00. The van der Waals surface area contributed by atoms with Gasteiger partial charge in [-0.3, -0.25) is 9.69 Å². The van der Waals surface area contributed by atoms with Crippen LogP contribution in [0.2, 0.25) is 0 Å². The molecule has 2 aromatic carbocycles. The van der Waals surface area contributed by atoms with E-state index in [2.05, 4.69) is 62.6 Å². The van der Waals surface area contributed by atoms with Gasteiger partial charge in [-0.25, -0.2) is 15.0 Å². The van der Waals surface area contributed by atoms with Crippen molar-refractivity contribution in [1.82, 2.24) is 24.4 Å². The summed E-state index contributed by atoms with van der Waals surface area (Å²) in [7, 11) is 1.79. The minimum absolute atomic E-state index is 0.0487. The topological polar surface area (TPSA) is 99.7 Å². The molecule has 8 nitrogen and oxygen atoms in total. The fourth-order valence-electron chi connectivity index (χ4n) is 5.31. The van der Waals surface area contributed by atoms with Gasteiger partial charge < -0.3 is 9.88 Å². The monoisotopic (exact) mass is 527 g/mol. The molecule has 0 radical (unpaired) electrons. The summed E-state index contributed by atoms with van der Waals surface area (Å²) >= 11 is 0. The molecule has 0 aliphatic carbocycles. The maximum atomic E-state index is 12.3. The van der Waals surface area contributed by atoms with E-state index in [0.717, 1.165) is 65.9 Å². The number of benzene rings is 2. The van der Waals surface area contributed by atoms with Gasteiger partial charge in [0.1, 0.15) is 11.9 Å². The molecule has 1 aliphatic rings. The van der Waals surface area contributed by atoms with Crippen molar-refractivity contribution in [2.75, 3.05) is 18.4 Å². The molecular weight excluding hydrogens is 498 g/mol. The normalized spacial score (nSPS) is 14.2. The van der Waals surface area contributed by atoms with Crippen LogP contribution in [0.15, 0.2) is 89.9 Å². The van der Waals surface area contributed by atoms with E-state index in [1.165, 1.54) is 5.56 Å². The lowest BCUT2D eigenvalue weighted by Crippen LogP contribution is -2.38. The first-order valence-electron chi connectivity index (χ1n) is 13.4. The van der Waals surface area contributed by atoms with Crippen LogP contribution >= 0.6 is 0 Å². The van der Waals surface area contributed by atoms with E-state index in [4.69, 9.17) is 10.2 Å². The van der Waals surface area contributed by atoms with Crippen molar-refractivity contribution in [1.29, 1.82) is 5.26 Å². The first kappa shape index (κ1) is 25.4. The second kappa shape index (κ2) is 11.1. The molecular formula is C32H29N7O. The number of anilines is 1. The Hall–Kier alpha value is -4.87. The summed E-state index contributed by atoms with van der Waals surface area (Å²) in [4.78, 5) is 27.9. The number of hydrogen-bond donors (Lipinski definition) is 1. The minimum Gasteiger partial charge on any atom is -0.367 e. The van der Waals surface area contributed by atoms with Crippen molar-refractivity contribution in [3.8, 4) is 28.5 Å². The van der Waals surface area contributed by atoms with Crippen LogP contribution < -0.4 is 10.9 Å². The molecule has 0 unspecified atom stereocenters. The molecule has 0 amide bonds. The highest BCUT2D eigenvalue weighted by Gasteiger charge is 2.20. The van der Waals surface area contributed by atoms with E-state index in [-0.39, 0.29) is 11.4 Å². The number of nitriles is 1. The lowest BCUT2D eigenvalue weighted by Gasteiger charge is -2.32. The SMILES string of the molecule is Cn1c(=O)ccc2nc(-c3ccc(CN4CCC(Nc5ccnc(C#N)n5)CC4)cc3)c(-c3ccccc3)cc21. The van der Waals surface area contributed by atoms with Crippen LogP contribution in [-0.2, 0) is 13.6 Å². The fraction of sp³-hybridized carbons (Fsp3) is 0.219. The molecule has 3 aromatic heterocycles. The van der Waals surface area contributed by atoms with Gasteiger partial charge in [0.05, 0.1) is 16.7 Å². The molecule has 0 bridgehead atoms. The molecule has 1 saturated heterocycles. The van der Waals surface area contributed by atoms with Gasteiger partial charge >= 0.3 is 0 Å². The van der Waals surface area contributed by atoms with Gasteiger partial charge in [0.25, 0.3) is 5.56 Å². The summed E-state index contributed by atoms with van der Waals surface area (Å²) < 4.78 is 1.65. The van der Waals surface area contributed by atoms with Gasteiger partial charge in [0.2, 0.25) is 5.82 Å². The average molecular weight is 528 g/mol. The van der Waals surface area contributed by atoms with Gasteiger partial charge in [-0.15, -0.1) is 0 Å². The third-order valence-electron chi connectivity index (χ3n) is 7.52. The van der Waals surface area contributed by atoms with Crippen LogP contribution in [0.1, 0.15) is 24.2 Å². The standard InChI is InChI=1S/C32H29N7O/c1-38-28-19-26(23-5-3-2-4-6-23)32(36-27(28)11-12-31(38)40)24-9-7-22(8-10-24)21-39-17-14-25(15-18-39)35-29-13-16-34-30(20-33)37-29/h2-13,16,19,25H,14-15,17-18,21H2,1H3,(H,34,35,37). The smallest absolute Gasteiger partial charge is 0.250 e. The summed E-state index contributed by atoms with van der Waals surface area (Å²) in [6.45, 7) is 2.86. The first-order valence-corrected chi connectivity index (χ1v) is 13.4. The Morgan fingerprint density at radius 1 is 0.950 bits per heavy atom. The number of nitrogens with one attached hydrogen (secondary N) is 1. The van der Waals surface area contributed by atoms with Crippen molar-refractivity contribution in [2.24, 2.45) is 7.05 Å². The molecule has 1 fully saturated rings. The van der Waals surface area contributed by atoms with Crippen molar-refractivity contribution >= 4 is 16.9 Å². The largest absolute Gasteiger partial charge is 0.367 e. The zero-order chi connectivity index (χ0) is 27.5. The number of nitrogens with zero attached hydrogens (tertiary/aromatic N) is 6. The quantitative estimate of drug-likeness (QED) is 0.332. The number of piperidine rings is 1. The Kier molecular flexibility index (Phi) is 7.04. The van der Waals surface area contributed by atoms with Gasteiger partial charge in [-0.1, -0.05) is 54.6 Å². The Balaban J connectivity index is 1.18. The fourth-order valence-corrected chi connectivity index (χ4v) is 5.31. The second-order valence-corrected chi connectivity index (χ2v) is 10.2. The van der Waals surface area contributed by atoms with E-state index in [1.54, 1.807) is 29.9 Å². The van der Waals surface area contributed by atoms with Crippen LogP contribution in [0.25, 0.3) is 33.4 Å². The van der Waals surface area contributed by atoms with E-state index >= 15 is 0 Å². The maximum Gasteiger partial charge on any atom is 0.250 e. The molecule has 4 heterocycles. The Bertz CT molecular complexity index is 1750. The van der Waals surface area contributed by atoms with E-state index in [1.807, 2.05) is 30.3 Å². The Labute approximate surface area is 232 Å². The first-order chi connectivity index (χ1) is 19.6. The molecule has 40 heavy (non-hydrogen) atoms. The molecule has 0 saturated carbocycles. The van der Waals surface area contributed by atoms with Crippen LogP contribution in [0.4, 0.5) is 5.82 Å². The summed E-state index contributed by atoms with van der Waals surface area (Å²) in [5, 5.41) is 12.5. The molecule has 0 spiro atoms. The molecule has 1 N–H and O–H groups in total. The number of rotatable bonds is 6. The predicted octanol–water partition coefficient (Wildman–Crippen LogP) is 5.01. The molecule has 8 heteroatoms. The van der Waals surface area contributed by atoms with Gasteiger partial charge in [-0.05, 0) is 42.2 Å². The van der Waals surface area contributed by atoms with Crippen molar-refractivity contribution in [3.63, 3.8) is 0 Å². The third-order valence-corrected chi connectivity index (χ3v) is 7.52. The lowest BCUT2D eigenvalue weighted by atomic mass is 9.97. The van der Waals surface area contributed by atoms with Crippen LogP contribution in [0.5, 0.6) is 0 Å². The summed E-state index contributed by atoms with van der Waals surface area (Å²) in [5.41, 5.74) is 6.83. The van der Waals surface area contributed by atoms with Crippen molar-refractivity contribution in [2.45, 2.75) is 25.4 Å². The van der Waals surface area contributed by atoms with E-state index in [9.17, 15) is 4.79 Å². The third kappa shape index (κ3) is 5.33. The molecule has 198 valence electrons.